The Balaban J connectivity index is 1.59. The van der Waals surface area contributed by atoms with Crippen LogP contribution in [0.5, 0.6) is 0 Å². The molecule has 7 heteroatoms. The average Bonchev–Trinajstić information content (AvgIpc) is 2.85. The van der Waals surface area contributed by atoms with E-state index in [1.165, 1.54) is 18.7 Å². The van der Waals surface area contributed by atoms with Crippen molar-refractivity contribution in [2.24, 2.45) is 23.7 Å². The first-order valence-corrected chi connectivity index (χ1v) is 9.22. The van der Waals surface area contributed by atoms with Crippen LogP contribution in [0.2, 0.25) is 0 Å². The highest BCUT2D eigenvalue weighted by molar-refractivity contribution is 7.85. The lowest BCUT2D eigenvalue weighted by Gasteiger charge is -2.52. The van der Waals surface area contributed by atoms with Gasteiger partial charge in [-0.2, -0.15) is 8.42 Å². The molecule has 1 N–H and O–H groups in total. The molecule has 4 saturated carbocycles. The second kappa shape index (κ2) is 4.83. The van der Waals surface area contributed by atoms with Crippen LogP contribution in [0.15, 0.2) is 21.6 Å². The van der Waals surface area contributed by atoms with Crippen LogP contribution >= 0.6 is 0 Å². The molecular weight excluding hydrogens is 306 g/mol. The van der Waals surface area contributed by atoms with Crippen LogP contribution in [-0.4, -0.2) is 30.0 Å². The molecule has 0 aliphatic heterocycles. The van der Waals surface area contributed by atoms with Gasteiger partial charge in [-0.15, -0.1) is 0 Å². The van der Waals surface area contributed by atoms with Crippen molar-refractivity contribution in [3.8, 4) is 0 Å². The van der Waals surface area contributed by atoms with E-state index in [1.54, 1.807) is 0 Å². The van der Waals surface area contributed by atoms with Crippen molar-refractivity contribution in [2.75, 3.05) is 0 Å². The molecule has 0 saturated heterocycles. The molecular formula is C15H19NO5S. The first-order valence-electron chi connectivity index (χ1n) is 7.78. The summed E-state index contributed by atoms with van der Waals surface area (Å²) < 4.78 is 36.9. The zero-order valence-corrected chi connectivity index (χ0v) is 12.9. The summed E-state index contributed by atoms with van der Waals surface area (Å²) in [7, 11) is -4.37. The van der Waals surface area contributed by atoms with Gasteiger partial charge in [0.2, 0.25) is 11.3 Å². The molecule has 4 fully saturated rings. The van der Waals surface area contributed by atoms with Gasteiger partial charge in [0.1, 0.15) is 0 Å². The zero-order chi connectivity index (χ0) is 15.5. The first kappa shape index (κ1) is 14.3. The highest BCUT2D eigenvalue weighted by Crippen LogP contribution is 2.54. The molecule has 4 aliphatic carbocycles. The van der Waals surface area contributed by atoms with Gasteiger partial charge in [-0.1, -0.05) is 0 Å². The molecule has 0 aromatic carbocycles. The van der Waals surface area contributed by atoms with E-state index < -0.39 is 15.2 Å². The van der Waals surface area contributed by atoms with Crippen molar-refractivity contribution in [1.82, 2.24) is 0 Å². The van der Waals surface area contributed by atoms with Gasteiger partial charge in [-0.25, -0.2) is 4.74 Å². The Hall–Kier alpha value is -1.34. The number of hydrogen-bond acceptors (Lipinski definition) is 4. The fourth-order valence-electron chi connectivity index (χ4n) is 5.07. The minimum absolute atomic E-state index is 0.0212. The van der Waals surface area contributed by atoms with Gasteiger partial charge < -0.3 is 9.62 Å². The second-order valence-electron chi connectivity index (χ2n) is 7.04. The maximum atomic E-state index is 12.6. The Labute approximate surface area is 129 Å². The quantitative estimate of drug-likeness (QED) is 0.302. The summed E-state index contributed by atoms with van der Waals surface area (Å²) in [6, 6.07) is 2.53. The summed E-state index contributed by atoms with van der Waals surface area (Å²) >= 11 is 0. The normalized spacial score (nSPS) is 37.7. The summed E-state index contributed by atoms with van der Waals surface area (Å²) in [5.74, 6) is 2.64. The van der Waals surface area contributed by atoms with Crippen molar-refractivity contribution in [1.29, 1.82) is 0 Å². The third-order valence-electron chi connectivity index (χ3n) is 5.58. The maximum Gasteiger partial charge on any atom is 0.328 e. The van der Waals surface area contributed by atoms with Crippen molar-refractivity contribution in [2.45, 2.75) is 43.2 Å². The van der Waals surface area contributed by atoms with Gasteiger partial charge >= 0.3 is 10.1 Å². The Morgan fingerprint density at radius 3 is 2.23 bits per heavy atom. The van der Waals surface area contributed by atoms with Crippen LogP contribution in [0, 0.1) is 28.9 Å². The number of furan rings is 1. The van der Waals surface area contributed by atoms with E-state index in [-0.39, 0.29) is 11.8 Å². The Bertz CT molecular complexity index is 692. The van der Waals surface area contributed by atoms with Crippen LogP contribution in [-0.2, 0) is 10.1 Å². The SMILES string of the molecule is O=S(=O)(O)c1ccc(/C=[N+](\[O-])C2C3CC4CC(C3)CC2C4)o1. The average molecular weight is 325 g/mol. The minimum Gasteiger partial charge on any atom is -0.623 e. The largest absolute Gasteiger partial charge is 0.623 e. The van der Waals surface area contributed by atoms with Crippen molar-refractivity contribution < 1.29 is 22.1 Å². The summed E-state index contributed by atoms with van der Waals surface area (Å²) in [5, 5.41) is 12.0. The molecule has 1 aromatic heterocycles. The van der Waals surface area contributed by atoms with E-state index in [1.807, 2.05) is 0 Å². The van der Waals surface area contributed by atoms with Crippen molar-refractivity contribution >= 4 is 16.3 Å². The lowest BCUT2D eigenvalue weighted by atomic mass is 9.54. The molecule has 6 nitrogen and oxygen atoms in total. The Morgan fingerprint density at radius 2 is 1.73 bits per heavy atom. The van der Waals surface area contributed by atoms with E-state index in [9.17, 15) is 13.6 Å². The lowest BCUT2D eigenvalue weighted by molar-refractivity contribution is -0.529. The predicted molar refractivity (Wildman–Crippen MR) is 78.1 cm³/mol. The van der Waals surface area contributed by atoms with Crippen molar-refractivity contribution in [3.63, 3.8) is 0 Å². The van der Waals surface area contributed by atoms with Crippen LogP contribution in [0.1, 0.15) is 37.9 Å². The highest BCUT2D eigenvalue weighted by Gasteiger charge is 2.52. The van der Waals surface area contributed by atoms with E-state index in [2.05, 4.69) is 0 Å². The fourth-order valence-corrected chi connectivity index (χ4v) is 5.51. The van der Waals surface area contributed by atoms with Gasteiger partial charge in [0.15, 0.2) is 11.8 Å². The topological polar surface area (TPSA) is 93.6 Å². The third-order valence-corrected chi connectivity index (χ3v) is 6.31. The molecule has 5 rings (SSSR count). The lowest BCUT2D eigenvalue weighted by Crippen LogP contribution is -2.52. The molecule has 1 heterocycles. The van der Waals surface area contributed by atoms with E-state index in [0.29, 0.717) is 11.8 Å². The van der Waals surface area contributed by atoms with Crippen LogP contribution < -0.4 is 0 Å². The molecule has 0 unspecified atom stereocenters. The smallest absolute Gasteiger partial charge is 0.328 e. The van der Waals surface area contributed by atoms with Crippen molar-refractivity contribution in [3.05, 3.63) is 23.1 Å². The van der Waals surface area contributed by atoms with Gasteiger partial charge in [0, 0.05) is 11.8 Å². The zero-order valence-electron chi connectivity index (χ0n) is 12.1. The monoisotopic (exact) mass is 325 g/mol. The molecule has 0 amide bonds. The molecule has 1 aromatic rings. The Morgan fingerprint density at radius 1 is 1.14 bits per heavy atom. The standard InChI is InChI=1S/C15H19NO5S/c17-16(8-13-1-2-14(21-13)22(18,19)20)15-11-4-9-3-10(6-11)7-12(15)5-9/h1-2,8-12,15H,3-7H2,(H,18,19,20)/b16-8-. The molecule has 120 valence electrons. The molecule has 4 aliphatic rings. The third kappa shape index (κ3) is 2.36. The van der Waals surface area contributed by atoms with Gasteiger partial charge in [0.25, 0.3) is 0 Å². The summed E-state index contributed by atoms with van der Waals surface area (Å²) in [5.41, 5.74) is 0. The van der Waals surface area contributed by atoms with Crippen LogP contribution in [0.3, 0.4) is 0 Å². The van der Waals surface area contributed by atoms with E-state index in [4.69, 9.17) is 8.97 Å². The molecule has 0 radical (unpaired) electrons. The highest BCUT2D eigenvalue weighted by atomic mass is 32.2. The van der Waals surface area contributed by atoms with Crippen LogP contribution in [0.4, 0.5) is 0 Å². The summed E-state index contributed by atoms with van der Waals surface area (Å²) in [4.78, 5) is 0. The number of nitrogens with zero attached hydrogens (tertiary/aromatic N) is 1. The fraction of sp³-hybridized carbons (Fsp3) is 0.667. The van der Waals surface area contributed by atoms with E-state index >= 15 is 0 Å². The molecule has 4 bridgehead atoms. The maximum absolute atomic E-state index is 12.6. The molecule has 0 spiro atoms. The number of rotatable bonds is 3. The number of hydroxylamine groups is 1. The minimum atomic E-state index is -4.37. The van der Waals surface area contributed by atoms with Crippen LogP contribution in [0.25, 0.3) is 0 Å². The first-order chi connectivity index (χ1) is 10.4. The second-order valence-corrected chi connectivity index (χ2v) is 8.39. The predicted octanol–water partition coefficient (Wildman–Crippen LogP) is 2.28. The molecule has 0 atom stereocenters. The van der Waals surface area contributed by atoms with Gasteiger partial charge in [-0.3, -0.25) is 4.55 Å². The summed E-state index contributed by atoms with van der Waals surface area (Å²) in [6.07, 6.45) is 7.20. The number of hydrogen-bond donors (Lipinski definition) is 1. The van der Waals surface area contributed by atoms with Gasteiger partial charge in [0.05, 0.1) is 0 Å². The van der Waals surface area contributed by atoms with E-state index in [0.717, 1.165) is 48.3 Å². The van der Waals surface area contributed by atoms with Gasteiger partial charge in [-0.05, 0) is 56.1 Å². The molecule has 22 heavy (non-hydrogen) atoms. The Kier molecular flexibility index (Phi) is 3.13. The summed E-state index contributed by atoms with van der Waals surface area (Å²) in [6.45, 7) is 0.